The van der Waals surface area contributed by atoms with Gasteiger partial charge in [0.1, 0.15) is 0 Å². The summed E-state index contributed by atoms with van der Waals surface area (Å²) in [6.45, 7) is 3.59. The van der Waals surface area contributed by atoms with E-state index in [1.807, 2.05) is 46.0 Å². The van der Waals surface area contributed by atoms with Crippen LogP contribution in [0.1, 0.15) is 23.1 Å². The number of fused-ring (bicyclic) bond motifs is 1. The Balaban J connectivity index is 1.79. The molecule has 0 spiro atoms. The minimum atomic E-state index is 0.0884. The molecule has 0 N–H and O–H groups in total. The fraction of sp³-hybridized carbons (Fsp3) is 0.263. The number of carbonyl (C=O) groups is 1. The summed E-state index contributed by atoms with van der Waals surface area (Å²) in [7, 11) is 0. The summed E-state index contributed by atoms with van der Waals surface area (Å²) < 4.78 is 2.82. The molecule has 134 valence electrons. The van der Waals surface area contributed by atoms with Gasteiger partial charge in [0.05, 0.1) is 16.6 Å². The van der Waals surface area contributed by atoms with Crippen LogP contribution in [0.2, 0.25) is 9.36 Å². The molecule has 26 heavy (non-hydrogen) atoms. The number of nitrogens with zero attached hydrogens (tertiary/aromatic N) is 3. The number of aromatic nitrogens is 2. The molecule has 3 aromatic rings. The second kappa shape index (κ2) is 7.06. The topological polar surface area (TPSA) is 38.1 Å². The maximum atomic E-state index is 11.9. The van der Waals surface area contributed by atoms with Crippen molar-refractivity contribution >= 4 is 40.4 Å². The number of amides is 1. The number of rotatable bonds is 3. The van der Waals surface area contributed by atoms with E-state index < -0.39 is 0 Å². The second-order valence-electron chi connectivity index (χ2n) is 6.34. The first-order valence-corrected chi connectivity index (χ1v) is 9.92. The summed E-state index contributed by atoms with van der Waals surface area (Å²) in [4.78, 5) is 14.9. The van der Waals surface area contributed by atoms with E-state index in [2.05, 4.69) is 0 Å². The Morgan fingerprint density at radius 3 is 2.81 bits per heavy atom. The number of hydrogen-bond donors (Lipinski definition) is 0. The molecule has 0 unspecified atom stereocenters. The predicted octanol–water partition coefficient (Wildman–Crippen LogP) is 4.87. The molecule has 0 fully saturated rings. The average Bonchev–Trinajstić information content (AvgIpc) is 3.18. The molecule has 0 bridgehead atoms. The van der Waals surface area contributed by atoms with E-state index in [4.69, 9.17) is 28.3 Å². The summed E-state index contributed by atoms with van der Waals surface area (Å²) in [5, 5.41) is 5.56. The third-order valence-corrected chi connectivity index (χ3v) is 6.06. The first-order chi connectivity index (χ1) is 12.5. The van der Waals surface area contributed by atoms with Crippen molar-refractivity contribution in [2.45, 2.75) is 26.4 Å². The highest BCUT2D eigenvalue weighted by Crippen LogP contribution is 2.32. The van der Waals surface area contributed by atoms with Crippen molar-refractivity contribution in [3.8, 4) is 11.3 Å². The fourth-order valence-electron chi connectivity index (χ4n) is 3.34. The van der Waals surface area contributed by atoms with Crippen LogP contribution in [0.3, 0.4) is 0 Å². The third kappa shape index (κ3) is 3.39. The molecule has 3 heterocycles. The monoisotopic (exact) mass is 405 g/mol. The second-order valence-corrected chi connectivity index (χ2v) is 8.57. The Labute approximate surface area is 166 Å². The Bertz CT molecular complexity index is 979. The van der Waals surface area contributed by atoms with Crippen LogP contribution in [0, 0.1) is 0 Å². The fourth-order valence-corrected chi connectivity index (χ4v) is 4.60. The molecule has 2 aromatic heterocycles. The lowest BCUT2D eigenvalue weighted by molar-refractivity contribution is -0.129. The molecule has 0 atom stereocenters. The van der Waals surface area contributed by atoms with Gasteiger partial charge in [0.2, 0.25) is 5.91 Å². The summed E-state index contributed by atoms with van der Waals surface area (Å²) >= 11 is 13.8. The van der Waals surface area contributed by atoms with Gasteiger partial charge in [-0.2, -0.15) is 5.10 Å². The Hall–Kier alpha value is -1.82. The standard InChI is InChI=1S/C19H17Cl2N3OS/c1-12(25)23-8-7-17-16(11-23)19(13-3-2-4-14(20)9-13)22-24(17)10-15-5-6-18(21)26-15/h2-6,9H,7-8,10-11H2,1H3. The molecule has 0 saturated carbocycles. The molecule has 0 saturated heterocycles. The minimum Gasteiger partial charge on any atom is -0.338 e. The number of hydrogen-bond acceptors (Lipinski definition) is 3. The molecule has 4 rings (SSSR count). The van der Waals surface area contributed by atoms with Crippen LogP contribution in [0.25, 0.3) is 11.3 Å². The molecule has 0 aliphatic carbocycles. The highest BCUT2D eigenvalue weighted by Gasteiger charge is 2.27. The van der Waals surface area contributed by atoms with E-state index in [9.17, 15) is 4.79 Å². The zero-order valence-electron chi connectivity index (χ0n) is 14.2. The zero-order valence-corrected chi connectivity index (χ0v) is 16.5. The number of halogens is 2. The number of thiophene rings is 1. The van der Waals surface area contributed by atoms with Gasteiger partial charge in [0.25, 0.3) is 0 Å². The van der Waals surface area contributed by atoms with Crippen molar-refractivity contribution < 1.29 is 4.79 Å². The van der Waals surface area contributed by atoms with Crippen molar-refractivity contribution in [2.75, 3.05) is 6.54 Å². The van der Waals surface area contributed by atoms with Gasteiger partial charge in [0, 0.05) is 53.2 Å². The Morgan fingerprint density at radius 1 is 1.27 bits per heavy atom. The smallest absolute Gasteiger partial charge is 0.219 e. The van der Waals surface area contributed by atoms with Gasteiger partial charge >= 0.3 is 0 Å². The maximum Gasteiger partial charge on any atom is 0.219 e. The first-order valence-electron chi connectivity index (χ1n) is 8.35. The molecule has 1 aromatic carbocycles. The van der Waals surface area contributed by atoms with Crippen LogP contribution in [-0.2, 0) is 24.3 Å². The molecule has 7 heteroatoms. The maximum absolute atomic E-state index is 11.9. The van der Waals surface area contributed by atoms with E-state index in [1.165, 1.54) is 5.69 Å². The highest BCUT2D eigenvalue weighted by atomic mass is 35.5. The van der Waals surface area contributed by atoms with Crippen LogP contribution >= 0.6 is 34.5 Å². The minimum absolute atomic E-state index is 0.0884. The van der Waals surface area contributed by atoms with Gasteiger partial charge in [-0.3, -0.25) is 9.48 Å². The van der Waals surface area contributed by atoms with Gasteiger partial charge in [-0.25, -0.2) is 0 Å². The normalized spacial score (nSPS) is 13.7. The largest absolute Gasteiger partial charge is 0.338 e. The molecule has 1 aliphatic heterocycles. The SMILES string of the molecule is CC(=O)N1CCc2c(c(-c3cccc(Cl)c3)nn2Cc2ccc(Cl)s2)C1. The van der Waals surface area contributed by atoms with Crippen molar-refractivity contribution in [3.05, 3.63) is 61.9 Å². The summed E-state index contributed by atoms with van der Waals surface area (Å²) in [5.41, 5.74) is 4.16. The molecule has 4 nitrogen and oxygen atoms in total. The molecule has 0 radical (unpaired) electrons. The van der Waals surface area contributed by atoms with Crippen LogP contribution in [-0.4, -0.2) is 27.1 Å². The van der Waals surface area contributed by atoms with Crippen LogP contribution in [0.4, 0.5) is 0 Å². The first kappa shape index (κ1) is 17.6. The van der Waals surface area contributed by atoms with Crippen LogP contribution in [0.15, 0.2) is 36.4 Å². The quantitative estimate of drug-likeness (QED) is 0.623. The molecular weight excluding hydrogens is 389 g/mol. The Kier molecular flexibility index (Phi) is 4.78. The van der Waals surface area contributed by atoms with E-state index in [-0.39, 0.29) is 5.91 Å². The van der Waals surface area contributed by atoms with Gasteiger partial charge in [-0.15, -0.1) is 11.3 Å². The molecular formula is C19H17Cl2N3OS. The van der Waals surface area contributed by atoms with Crippen molar-refractivity contribution in [1.29, 1.82) is 0 Å². The summed E-state index contributed by atoms with van der Waals surface area (Å²) in [6, 6.07) is 11.6. The lowest BCUT2D eigenvalue weighted by Crippen LogP contribution is -2.34. The van der Waals surface area contributed by atoms with Gasteiger partial charge < -0.3 is 4.90 Å². The van der Waals surface area contributed by atoms with Crippen molar-refractivity contribution in [2.24, 2.45) is 0 Å². The molecule has 1 amide bonds. The van der Waals surface area contributed by atoms with Gasteiger partial charge in [-0.05, 0) is 24.3 Å². The van der Waals surface area contributed by atoms with Gasteiger partial charge in [0.15, 0.2) is 0 Å². The van der Waals surface area contributed by atoms with Gasteiger partial charge in [-0.1, -0.05) is 35.3 Å². The Morgan fingerprint density at radius 2 is 2.12 bits per heavy atom. The third-order valence-electron chi connectivity index (χ3n) is 4.61. The lowest BCUT2D eigenvalue weighted by atomic mass is 10.0. The van der Waals surface area contributed by atoms with Crippen LogP contribution < -0.4 is 0 Å². The summed E-state index contributed by atoms with van der Waals surface area (Å²) in [6.07, 6.45) is 0.793. The lowest BCUT2D eigenvalue weighted by Gasteiger charge is -2.26. The number of carbonyl (C=O) groups excluding carboxylic acids is 1. The average molecular weight is 406 g/mol. The van der Waals surface area contributed by atoms with E-state index in [1.54, 1.807) is 18.3 Å². The predicted molar refractivity (Wildman–Crippen MR) is 106 cm³/mol. The van der Waals surface area contributed by atoms with Crippen molar-refractivity contribution in [1.82, 2.24) is 14.7 Å². The van der Waals surface area contributed by atoms with E-state index in [0.717, 1.165) is 32.5 Å². The summed E-state index contributed by atoms with van der Waals surface area (Å²) in [5.74, 6) is 0.0884. The number of benzene rings is 1. The van der Waals surface area contributed by atoms with E-state index in [0.29, 0.717) is 24.7 Å². The van der Waals surface area contributed by atoms with E-state index >= 15 is 0 Å². The highest BCUT2D eigenvalue weighted by molar-refractivity contribution is 7.16. The van der Waals surface area contributed by atoms with Crippen molar-refractivity contribution in [3.63, 3.8) is 0 Å². The molecule has 1 aliphatic rings. The van der Waals surface area contributed by atoms with Crippen LogP contribution in [0.5, 0.6) is 0 Å². The zero-order chi connectivity index (χ0) is 18.3.